The van der Waals surface area contributed by atoms with Gasteiger partial charge in [0.05, 0.1) is 0 Å². The minimum Gasteiger partial charge on any atom is -0.370 e. The molecule has 0 aliphatic carbocycles. The number of rotatable bonds is 7. The second-order valence-corrected chi connectivity index (χ2v) is 3.80. The number of unbranched alkanes of at least 4 members (excludes halogenated alkanes) is 3. The lowest BCUT2D eigenvalue weighted by Gasteiger charge is -2.04. The van der Waals surface area contributed by atoms with Gasteiger partial charge in [0.25, 0.3) is 0 Å². The molecule has 0 bridgehead atoms. The van der Waals surface area contributed by atoms with Crippen molar-refractivity contribution in [3.05, 3.63) is 18.2 Å². The average Bonchev–Trinajstić information content (AvgIpc) is 2.57. The third-order valence-electron chi connectivity index (χ3n) is 2.50. The fourth-order valence-corrected chi connectivity index (χ4v) is 1.57. The van der Waals surface area contributed by atoms with Gasteiger partial charge in [-0.1, -0.05) is 12.8 Å². The smallest absolute Gasteiger partial charge is 0.217 e. The number of hydrogen-bond acceptors (Lipinski definition) is 2. The fourth-order valence-electron chi connectivity index (χ4n) is 1.57. The van der Waals surface area contributed by atoms with Crippen molar-refractivity contribution in [3.8, 4) is 0 Å². The van der Waals surface area contributed by atoms with E-state index in [-0.39, 0.29) is 5.91 Å². The van der Waals surface area contributed by atoms with Crippen molar-refractivity contribution >= 4 is 5.91 Å². The molecule has 2 N–H and O–H groups in total. The van der Waals surface area contributed by atoms with E-state index in [2.05, 4.69) is 9.55 Å². The number of imidazole rings is 1. The molecule has 0 spiro atoms. The van der Waals surface area contributed by atoms with Gasteiger partial charge in [0, 0.05) is 25.4 Å². The molecule has 4 nitrogen and oxygen atoms in total. The van der Waals surface area contributed by atoms with E-state index in [0.717, 1.165) is 38.1 Å². The van der Waals surface area contributed by atoms with Gasteiger partial charge in [-0.15, -0.1) is 0 Å². The van der Waals surface area contributed by atoms with Crippen LogP contribution < -0.4 is 5.73 Å². The highest BCUT2D eigenvalue weighted by Gasteiger charge is 1.97. The maximum absolute atomic E-state index is 10.5. The summed E-state index contributed by atoms with van der Waals surface area (Å²) in [4.78, 5) is 14.6. The van der Waals surface area contributed by atoms with E-state index in [4.69, 9.17) is 5.73 Å². The normalized spacial score (nSPS) is 10.5. The van der Waals surface area contributed by atoms with E-state index in [1.165, 1.54) is 0 Å². The zero-order valence-corrected chi connectivity index (χ0v) is 9.28. The zero-order valence-electron chi connectivity index (χ0n) is 9.28. The Labute approximate surface area is 90.5 Å². The molecule has 1 amide bonds. The molecule has 1 rings (SSSR count). The summed E-state index contributed by atoms with van der Waals surface area (Å²) in [7, 11) is 0. The summed E-state index contributed by atoms with van der Waals surface area (Å²) in [5.74, 6) is 0.868. The van der Waals surface area contributed by atoms with Crippen molar-refractivity contribution < 1.29 is 4.79 Å². The second-order valence-electron chi connectivity index (χ2n) is 3.80. The van der Waals surface area contributed by atoms with Gasteiger partial charge >= 0.3 is 0 Å². The van der Waals surface area contributed by atoms with Crippen LogP contribution in [0.25, 0.3) is 0 Å². The molecule has 1 heterocycles. The summed E-state index contributed by atoms with van der Waals surface area (Å²) in [6.07, 6.45) is 8.61. The van der Waals surface area contributed by atoms with Gasteiger partial charge < -0.3 is 10.3 Å². The minimum absolute atomic E-state index is 0.194. The Morgan fingerprint density at radius 2 is 2.13 bits per heavy atom. The SMILES string of the molecule is Cc1nccn1CCCCCCC(N)=O. The number of aryl methyl sites for hydroxylation is 2. The van der Waals surface area contributed by atoms with Crippen LogP contribution in [0.4, 0.5) is 0 Å². The summed E-state index contributed by atoms with van der Waals surface area (Å²) in [5, 5.41) is 0. The Balaban J connectivity index is 2.03. The lowest BCUT2D eigenvalue weighted by molar-refractivity contribution is -0.118. The van der Waals surface area contributed by atoms with Crippen molar-refractivity contribution in [3.63, 3.8) is 0 Å². The molecule has 4 heteroatoms. The van der Waals surface area contributed by atoms with Gasteiger partial charge in [-0.25, -0.2) is 4.98 Å². The molecule has 0 fully saturated rings. The molecule has 15 heavy (non-hydrogen) atoms. The number of primary amides is 1. The van der Waals surface area contributed by atoms with Gasteiger partial charge in [-0.05, 0) is 19.8 Å². The topological polar surface area (TPSA) is 60.9 Å². The van der Waals surface area contributed by atoms with Crippen LogP contribution in [0.15, 0.2) is 12.4 Å². The minimum atomic E-state index is -0.194. The first kappa shape index (κ1) is 11.8. The Hall–Kier alpha value is -1.32. The lowest BCUT2D eigenvalue weighted by atomic mass is 10.1. The quantitative estimate of drug-likeness (QED) is 0.694. The van der Waals surface area contributed by atoms with Crippen LogP contribution in [0.1, 0.15) is 37.9 Å². The van der Waals surface area contributed by atoms with Crippen LogP contribution in [-0.2, 0) is 11.3 Å². The molecule has 0 saturated heterocycles. The van der Waals surface area contributed by atoms with Crippen LogP contribution in [0.3, 0.4) is 0 Å². The highest BCUT2D eigenvalue weighted by Crippen LogP contribution is 2.05. The number of carbonyl (C=O) groups excluding carboxylic acids is 1. The highest BCUT2D eigenvalue weighted by atomic mass is 16.1. The average molecular weight is 209 g/mol. The van der Waals surface area contributed by atoms with Crippen molar-refractivity contribution in [2.75, 3.05) is 0 Å². The Bertz CT molecular complexity index is 307. The third-order valence-corrected chi connectivity index (χ3v) is 2.50. The van der Waals surface area contributed by atoms with Crippen LogP contribution in [0.5, 0.6) is 0 Å². The molecule has 0 aliphatic rings. The summed E-state index contributed by atoms with van der Waals surface area (Å²) in [6, 6.07) is 0. The van der Waals surface area contributed by atoms with Gasteiger partial charge in [-0.3, -0.25) is 4.79 Å². The number of hydrogen-bond donors (Lipinski definition) is 1. The molecule has 1 aromatic rings. The van der Waals surface area contributed by atoms with E-state index in [1.54, 1.807) is 0 Å². The predicted octanol–water partition coefficient (Wildman–Crippen LogP) is 1.63. The van der Waals surface area contributed by atoms with Crippen LogP contribution in [0, 0.1) is 6.92 Å². The van der Waals surface area contributed by atoms with Gasteiger partial charge in [0.15, 0.2) is 0 Å². The van der Waals surface area contributed by atoms with Crippen molar-refractivity contribution in [2.24, 2.45) is 5.73 Å². The first-order valence-electron chi connectivity index (χ1n) is 5.46. The molecule has 0 radical (unpaired) electrons. The second kappa shape index (κ2) is 6.22. The fraction of sp³-hybridized carbons (Fsp3) is 0.636. The number of aromatic nitrogens is 2. The molecular weight excluding hydrogens is 190 g/mol. The standard InChI is InChI=1S/C11H19N3O/c1-10-13-7-9-14(10)8-5-3-2-4-6-11(12)15/h7,9H,2-6,8H2,1H3,(H2,12,15). The maximum atomic E-state index is 10.5. The van der Waals surface area contributed by atoms with E-state index < -0.39 is 0 Å². The molecule has 0 saturated carbocycles. The molecule has 0 aliphatic heterocycles. The Morgan fingerprint density at radius 1 is 1.40 bits per heavy atom. The summed E-state index contributed by atoms with van der Waals surface area (Å²) in [6.45, 7) is 3.02. The first-order valence-corrected chi connectivity index (χ1v) is 5.46. The molecular formula is C11H19N3O. The van der Waals surface area contributed by atoms with E-state index in [1.807, 2.05) is 19.3 Å². The van der Waals surface area contributed by atoms with Gasteiger partial charge in [0.1, 0.15) is 5.82 Å². The van der Waals surface area contributed by atoms with Gasteiger partial charge in [-0.2, -0.15) is 0 Å². The van der Waals surface area contributed by atoms with E-state index in [0.29, 0.717) is 6.42 Å². The number of carbonyl (C=O) groups is 1. The predicted molar refractivity (Wildman–Crippen MR) is 59.2 cm³/mol. The summed E-state index contributed by atoms with van der Waals surface area (Å²) < 4.78 is 2.15. The van der Waals surface area contributed by atoms with Crippen molar-refractivity contribution in [1.82, 2.24) is 9.55 Å². The summed E-state index contributed by atoms with van der Waals surface area (Å²) >= 11 is 0. The van der Waals surface area contributed by atoms with Crippen molar-refractivity contribution in [2.45, 2.75) is 45.6 Å². The Kier molecular flexibility index (Phi) is 4.87. The summed E-state index contributed by atoms with van der Waals surface area (Å²) in [5.41, 5.74) is 5.05. The maximum Gasteiger partial charge on any atom is 0.217 e. The van der Waals surface area contributed by atoms with E-state index in [9.17, 15) is 4.79 Å². The van der Waals surface area contributed by atoms with Crippen LogP contribution in [-0.4, -0.2) is 15.5 Å². The van der Waals surface area contributed by atoms with E-state index >= 15 is 0 Å². The molecule has 0 aromatic carbocycles. The lowest BCUT2D eigenvalue weighted by Crippen LogP contribution is -2.09. The molecule has 84 valence electrons. The first-order chi connectivity index (χ1) is 7.20. The largest absolute Gasteiger partial charge is 0.370 e. The molecule has 1 aromatic heterocycles. The number of nitrogens with zero attached hydrogens (tertiary/aromatic N) is 2. The van der Waals surface area contributed by atoms with Crippen LogP contribution in [0.2, 0.25) is 0 Å². The third kappa shape index (κ3) is 4.63. The Morgan fingerprint density at radius 3 is 2.73 bits per heavy atom. The molecule has 0 unspecified atom stereocenters. The van der Waals surface area contributed by atoms with Gasteiger partial charge in [0.2, 0.25) is 5.91 Å². The monoisotopic (exact) mass is 209 g/mol. The number of nitrogens with two attached hydrogens (primary N) is 1. The van der Waals surface area contributed by atoms with Crippen molar-refractivity contribution in [1.29, 1.82) is 0 Å². The molecule has 0 atom stereocenters. The number of amides is 1. The highest BCUT2D eigenvalue weighted by molar-refractivity contribution is 5.73. The van der Waals surface area contributed by atoms with Crippen LogP contribution >= 0.6 is 0 Å². The zero-order chi connectivity index (χ0) is 11.1.